The van der Waals surface area contributed by atoms with Gasteiger partial charge < -0.3 is 5.11 Å². The highest BCUT2D eigenvalue weighted by Crippen LogP contribution is 2.40. The standard InChI is InChI=1S/C9H13O2P/c10-7-1-2-8-6(5-7)3-4-12-9(8)11/h3-4,6-8,10,12H,1-2,5H2. The van der Waals surface area contributed by atoms with E-state index < -0.39 is 0 Å². The van der Waals surface area contributed by atoms with Crippen molar-refractivity contribution in [3.05, 3.63) is 11.9 Å². The molecule has 0 aromatic heterocycles. The van der Waals surface area contributed by atoms with Gasteiger partial charge in [0.25, 0.3) is 0 Å². The minimum absolute atomic E-state index is 0.176. The summed E-state index contributed by atoms with van der Waals surface area (Å²) in [4.78, 5) is 11.4. The van der Waals surface area contributed by atoms with Gasteiger partial charge in [0.05, 0.1) is 6.10 Å². The fourth-order valence-corrected chi connectivity index (χ4v) is 3.16. The van der Waals surface area contributed by atoms with Crippen molar-refractivity contribution < 1.29 is 9.90 Å². The molecule has 1 saturated carbocycles. The molecule has 0 saturated heterocycles. The molecule has 1 aliphatic carbocycles. The molecule has 2 rings (SSSR count). The zero-order chi connectivity index (χ0) is 8.55. The monoisotopic (exact) mass is 184 g/mol. The summed E-state index contributed by atoms with van der Waals surface area (Å²) >= 11 is 0. The van der Waals surface area contributed by atoms with Crippen LogP contribution in [0.15, 0.2) is 11.9 Å². The molecule has 0 bridgehead atoms. The van der Waals surface area contributed by atoms with Crippen LogP contribution in [0.4, 0.5) is 0 Å². The van der Waals surface area contributed by atoms with Gasteiger partial charge in [0.2, 0.25) is 0 Å². The number of carbonyl (C=O) groups excluding carboxylic acids is 1. The molecule has 1 aliphatic heterocycles. The predicted octanol–water partition coefficient (Wildman–Crippen LogP) is 1.50. The number of allylic oxidation sites excluding steroid dienone is 1. The van der Waals surface area contributed by atoms with Gasteiger partial charge in [-0.2, -0.15) is 0 Å². The Labute approximate surface area is 73.8 Å². The molecular weight excluding hydrogens is 171 g/mol. The summed E-state index contributed by atoms with van der Waals surface area (Å²) in [6.07, 6.45) is 4.43. The van der Waals surface area contributed by atoms with Crippen molar-refractivity contribution >= 4 is 14.1 Å². The van der Waals surface area contributed by atoms with Crippen LogP contribution in [0.25, 0.3) is 0 Å². The molecule has 66 valence electrons. The van der Waals surface area contributed by atoms with E-state index in [9.17, 15) is 9.90 Å². The number of carbonyl (C=O) groups is 1. The van der Waals surface area contributed by atoms with E-state index in [1.54, 1.807) is 0 Å². The number of aliphatic hydroxyl groups is 1. The minimum atomic E-state index is -0.176. The average Bonchev–Trinajstić information content (AvgIpc) is 2.04. The highest BCUT2D eigenvalue weighted by atomic mass is 31.1. The van der Waals surface area contributed by atoms with Crippen LogP contribution >= 0.6 is 8.58 Å². The van der Waals surface area contributed by atoms with Gasteiger partial charge in [0.1, 0.15) is 0 Å². The molecular formula is C9H13O2P. The Morgan fingerprint density at radius 3 is 3.17 bits per heavy atom. The Kier molecular flexibility index (Phi) is 2.29. The zero-order valence-electron chi connectivity index (χ0n) is 6.86. The Balaban J connectivity index is 2.13. The summed E-state index contributed by atoms with van der Waals surface area (Å²) in [5.74, 6) is 2.54. The topological polar surface area (TPSA) is 37.3 Å². The molecule has 0 radical (unpaired) electrons. The van der Waals surface area contributed by atoms with Crippen LogP contribution in [0, 0.1) is 11.8 Å². The number of aliphatic hydroxyl groups excluding tert-OH is 1. The second kappa shape index (κ2) is 3.27. The van der Waals surface area contributed by atoms with Crippen molar-refractivity contribution in [1.82, 2.24) is 0 Å². The number of hydrogen-bond donors (Lipinski definition) is 1. The van der Waals surface area contributed by atoms with Crippen LogP contribution in [0.2, 0.25) is 0 Å². The van der Waals surface area contributed by atoms with Gasteiger partial charge in [-0.05, 0) is 33.8 Å². The molecule has 0 aromatic carbocycles. The van der Waals surface area contributed by atoms with Crippen LogP contribution in [0.3, 0.4) is 0 Å². The largest absolute Gasteiger partial charge is 0.393 e. The van der Waals surface area contributed by atoms with E-state index in [1.165, 1.54) is 0 Å². The van der Waals surface area contributed by atoms with E-state index in [0.717, 1.165) is 19.3 Å². The van der Waals surface area contributed by atoms with Gasteiger partial charge in [-0.15, -0.1) is 0 Å². The summed E-state index contributed by atoms with van der Waals surface area (Å²) < 4.78 is 0. The Morgan fingerprint density at radius 1 is 1.50 bits per heavy atom. The van der Waals surface area contributed by atoms with Crippen LogP contribution in [0.5, 0.6) is 0 Å². The van der Waals surface area contributed by atoms with Crippen molar-refractivity contribution in [2.75, 3.05) is 0 Å². The average molecular weight is 184 g/mol. The van der Waals surface area contributed by atoms with E-state index in [4.69, 9.17) is 0 Å². The van der Waals surface area contributed by atoms with Gasteiger partial charge in [-0.1, -0.05) is 11.9 Å². The molecule has 12 heavy (non-hydrogen) atoms. The molecule has 2 nitrogen and oxygen atoms in total. The van der Waals surface area contributed by atoms with Crippen LogP contribution in [-0.2, 0) is 4.79 Å². The molecule has 1 fully saturated rings. The second-order valence-corrected chi connectivity index (χ2v) is 4.72. The SMILES string of the molecule is O=C1PC=CC2CC(O)CCC12. The highest BCUT2D eigenvalue weighted by Gasteiger charge is 2.33. The first kappa shape index (κ1) is 8.40. The van der Waals surface area contributed by atoms with E-state index in [-0.39, 0.29) is 12.0 Å². The molecule has 0 aromatic rings. The van der Waals surface area contributed by atoms with Gasteiger partial charge >= 0.3 is 0 Å². The molecule has 3 heteroatoms. The lowest BCUT2D eigenvalue weighted by Crippen LogP contribution is -2.31. The first-order valence-corrected chi connectivity index (χ1v) is 5.50. The first-order chi connectivity index (χ1) is 5.77. The van der Waals surface area contributed by atoms with Crippen molar-refractivity contribution in [2.45, 2.75) is 25.4 Å². The molecule has 4 atom stereocenters. The third-order valence-corrected chi connectivity index (χ3v) is 3.79. The van der Waals surface area contributed by atoms with E-state index >= 15 is 0 Å². The number of hydrogen-bond acceptors (Lipinski definition) is 2. The van der Waals surface area contributed by atoms with Gasteiger partial charge in [-0.3, -0.25) is 4.79 Å². The minimum Gasteiger partial charge on any atom is -0.393 e. The van der Waals surface area contributed by atoms with E-state index in [0.29, 0.717) is 20.0 Å². The lowest BCUT2D eigenvalue weighted by molar-refractivity contribution is -0.117. The molecule has 0 amide bonds. The lowest BCUT2D eigenvalue weighted by Gasteiger charge is -2.33. The van der Waals surface area contributed by atoms with Crippen LogP contribution in [0.1, 0.15) is 19.3 Å². The maximum Gasteiger partial charge on any atom is 0.158 e. The summed E-state index contributed by atoms with van der Waals surface area (Å²) in [6, 6.07) is 0. The third-order valence-electron chi connectivity index (χ3n) is 2.78. The summed E-state index contributed by atoms with van der Waals surface area (Å²) in [6.45, 7) is 0. The predicted molar refractivity (Wildman–Crippen MR) is 49.3 cm³/mol. The van der Waals surface area contributed by atoms with E-state index in [2.05, 4.69) is 6.08 Å². The summed E-state index contributed by atoms with van der Waals surface area (Å²) in [5, 5.41) is 9.39. The van der Waals surface area contributed by atoms with Crippen molar-refractivity contribution in [2.24, 2.45) is 11.8 Å². The molecule has 4 unspecified atom stereocenters. The highest BCUT2D eigenvalue weighted by molar-refractivity contribution is 7.61. The summed E-state index contributed by atoms with van der Waals surface area (Å²) in [7, 11) is 0.377. The van der Waals surface area contributed by atoms with Crippen LogP contribution in [-0.4, -0.2) is 16.7 Å². The molecule has 1 N–H and O–H groups in total. The number of rotatable bonds is 0. The van der Waals surface area contributed by atoms with Gasteiger partial charge in [-0.25, -0.2) is 0 Å². The maximum atomic E-state index is 11.4. The van der Waals surface area contributed by atoms with Gasteiger partial charge in [0.15, 0.2) is 5.52 Å². The van der Waals surface area contributed by atoms with Gasteiger partial charge in [0, 0.05) is 5.92 Å². The zero-order valence-corrected chi connectivity index (χ0v) is 7.86. The second-order valence-electron chi connectivity index (χ2n) is 3.60. The molecule has 2 aliphatic rings. The fraction of sp³-hybridized carbons (Fsp3) is 0.667. The maximum absolute atomic E-state index is 11.4. The first-order valence-electron chi connectivity index (χ1n) is 4.42. The smallest absolute Gasteiger partial charge is 0.158 e. The molecule has 1 heterocycles. The number of fused-ring (bicyclic) bond motifs is 1. The Bertz CT molecular complexity index is 225. The van der Waals surface area contributed by atoms with Crippen molar-refractivity contribution in [1.29, 1.82) is 0 Å². The Hall–Kier alpha value is -0.200. The summed E-state index contributed by atoms with van der Waals surface area (Å²) in [5.41, 5.74) is 0.398. The van der Waals surface area contributed by atoms with E-state index in [1.807, 2.05) is 5.82 Å². The van der Waals surface area contributed by atoms with Crippen LogP contribution < -0.4 is 0 Å². The molecule has 0 spiro atoms. The lowest BCUT2D eigenvalue weighted by atomic mass is 9.78. The fourth-order valence-electron chi connectivity index (χ4n) is 2.08. The quantitative estimate of drug-likeness (QED) is 0.579. The third kappa shape index (κ3) is 1.46. The van der Waals surface area contributed by atoms with Crippen molar-refractivity contribution in [3.8, 4) is 0 Å². The normalized spacial score (nSPS) is 43.1. The van der Waals surface area contributed by atoms with Crippen molar-refractivity contribution in [3.63, 3.8) is 0 Å². The Morgan fingerprint density at radius 2 is 2.33 bits per heavy atom.